The van der Waals surface area contributed by atoms with Crippen LogP contribution in [0, 0.1) is 5.82 Å². The number of hydrogen-bond donors (Lipinski definition) is 2. The monoisotopic (exact) mass is 449 g/mol. The first-order chi connectivity index (χ1) is 15.0. The minimum Gasteiger partial charge on any atom is -0.378 e. The van der Waals surface area contributed by atoms with Gasteiger partial charge >= 0.3 is 0 Å². The van der Waals surface area contributed by atoms with Crippen LogP contribution in [0.3, 0.4) is 0 Å². The van der Waals surface area contributed by atoms with Gasteiger partial charge in [-0.3, -0.25) is 13.9 Å². The molecule has 0 radical (unpaired) electrons. The molecule has 0 spiro atoms. The second-order valence-electron chi connectivity index (χ2n) is 8.84. The summed E-state index contributed by atoms with van der Waals surface area (Å²) in [5.41, 5.74) is 0.829. The molecule has 0 bridgehead atoms. The molecule has 2 aliphatic heterocycles. The number of fused-ring (bicyclic) bond motifs is 1. The van der Waals surface area contributed by atoms with Crippen molar-refractivity contribution in [3.05, 3.63) is 17.8 Å². The van der Waals surface area contributed by atoms with E-state index in [-0.39, 0.29) is 29.1 Å². The summed E-state index contributed by atoms with van der Waals surface area (Å²) in [6.07, 6.45) is 3.79. The van der Waals surface area contributed by atoms with Crippen LogP contribution in [0.1, 0.15) is 37.3 Å². The lowest BCUT2D eigenvalue weighted by molar-refractivity contribution is 0.0294. The number of morpholine rings is 1. The summed E-state index contributed by atoms with van der Waals surface area (Å²) in [7, 11) is 0. The summed E-state index contributed by atoms with van der Waals surface area (Å²) < 4.78 is 26.1. The van der Waals surface area contributed by atoms with E-state index in [0.29, 0.717) is 55.6 Å². The molecule has 1 unspecified atom stereocenters. The predicted octanol–water partition coefficient (Wildman–Crippen LogP) is 1.29. The summed E-state index contributed by atoms with van der Waals surface area (Å²) in [5.74, 6) is -0.318. The Morgan fingerprint density at radius 2 is 2.10 bits per heavy atom. The SMILES string of the molecule is CC1CN(c2c(F)c(SNC3(C)CC3)cn3c(C(=O)N4CCOCC4)nnc23)CCN1. The second-order valence-corrected chi connectivity index (χ2v) is 9.69. The average molecular weight is 450 g/mol. The van der Waals surface area contributed by atoms with Crippen LogP contribution in [-0.2, 0) is 4.74 Å². The molecule has 2 aromatic rings. The lowest BCUT2D eigenvalue weighted by atomic mass is 10.2. The first-order valence-corrected chi connectivity index (χ1v) is 11.6. The normalized spacial score (nSPS) is 23.4. The number of nitrogens with one attached hydrogen (secondary N) is 2. The minimum atomic E-state index is -0.318. The van der Waals surface area contributed by atoms with Gasteiger partial charge in [-0.25, -0.2) is 4.39 Å². The number of rotatable bonds is 5. The number of nitrogens with zero attached hydrogens (tertiary/aromatic N) is 5. The summed E-state index contributed by atoms with van der Waals surface area (Å²) >= 11 is 1.28. The fourth-order valence-corrected chi connectivity index (χ4v) is 4.88. The summed E-state index contributed by atoms with van der Waals surface area (Å²) in [6.45, 7) is 8.32. The van der Waals surface area contributed by atoms with Crippen molar-refractivity contribution in [3.8, 4) is 0 Å². The first-order valence-electron chi connectivity index (χ1n) is 10.8. The lowest BCUT2D eigenvalue weighted by Gasteiger charge is -2.34. The van der Waals surface area contributed by atoms with E-state index in [1.165, 1.54) is 11.9 Å². The Morgan fingerprint density at radius 1 is 1.32 bits per heavy atom. The molecular formula is C20H28FN7O2S. The topological polar surface area (TPSA) is 87.0 Å². The molecule has 2 saturated heterocycles. The molecule has 1 amide bonds. The molecule has 9 nitrogen and oxygen atoms in total. The molecule has 0 aromatic carbocycles. The maximum absolute atomic E-state index is 15.8. The van der Waals surface area contributed by atoms with Gasteiger partial charge in [0.05, 0.1) is 18.1 Å². The molecule has 31 heavy (non-hydrogen) atoms. The van der Waals surface area contributed by atoms with Gasteiger partial charge in [0.2, 0.25) is 5.82 Å². The smallest absolute Gasteiger partial charge is 0.292 e. The van der Waals surface area contributed by atoms with Crippen LogP contribution in [0.15, 0.2) is 11.1 Å². The van der Waals surface area contributed by atoms with Crippen LogP contribution < -0.4 is 14.9 Å². The number of carbonyl (C=O) groups is 1. The highest BCUT2D eigenvalue weighted by Gasteiger charge is 2.38. The van der Waals surface area contributed by atoms with Crippen LogP contribution >= 0.6 is 11.9 Å². The molecule has 2 aromatic heterocycles. The average Bonchev–Trinajstić information content (AvgIpc) is 3.37. The van der Waals surface area contributed by atoms with Crippen LogP contribution in [0.2, 0.25) is 0 Å². The van der Waals surface area contributed by atoms with Crippen molar-refractivity contribution in [1.29, 1.82) is 0 Å². The Kier molecular flexibility index (Phi) is 5.53. The maximum atomic E-state index is 15.8. The van der Waals surface area contributed by atoms with Gasteiger partial charge in [0.1, 0.15) is 5.69 Å². The van der Waals surface area contributed by atoms with E-state index in [1.807, 2.05) is 4.90 Å². The molecule has 1 atom stereocenters. The molecular weight excluding hydrogens is 421 g/mol. The Morgan fingerprint density at radius 3 is 2.81 bits per heavy atom. The van der Waals surface area contributed by atoms with E-state index in [0.717, 1.165) is 19.4 Å². The van der Waals surface area contributed by atoms with E-state index < -0.39 is 0 Å². The quantitative estimate of drug-likeness (QED) is 0.661. The number of ether oxygens (including phenoxy) is 1. The third-order valence-electron chi connectivity index (χ3n) is 6.16. The van der Waals surface area contributed by atoms with Gasteiger partial charge in [-0.2, -0.15) is 0 Å². The van der Waals surface area contributed by atoms with Gasteiger partial charge in [0.15, 0.2) is 11.5 Å². The van der Waals surface area contributed by atoms with Crippen molar-refractivity contribution in [2.75, 3.05) is 50.8 Å². The Bertz CT molecular complexity index is 990. The van der Waals surface area contributed by atoms with E-state index >= 15 is 4.39 Å². The van der Waals surface area contributed by atoms with Crippen molar-refractivity contribution < 1.29 is 13.9 Å². The highest BCUT2D eigenvalue weighted by atomic mass is 32.2. The van der Waals surface area contributed by atoms with Gasteiger partial charge < -0.3 is 19.9 Å². The highest BCUT2D eigenvalue weighted by molar-refractivity contribution is 7.97. The van der Waals surface area contributed by atoms with Crippen LogP contribution in [0.4, 0.5) is 10.1 Å². The predicted molar refractivity (Wildman–Crippen MR) is 116 cm³/mol. The van der Waals surface area contributed by atoms with Gasteiger partial charge in [-0.15, -0.1) is 10.2 Å². The van der Waals surface area contributed by atoms with Crippen LogP contribution in [0.5, 0.6) is 0 Å². The number of aromatic nitrogens is 3. The molecule has 3 aliphatic rings. The third kappa shape index (κ3) is 4.11. The zero-order chi connectivity index (χ0) is 21.6. The molecule has 5 rings (SSSR count). The van der Waals surface area contributed by atoms with Gasteiger partial charge in [0.25, 0.3) is 5.91 Å². The van der Waals surface area contributed by atoms with Gasteiger partial charge in [-0.05, 0) is 38.6 Å². The summed E-state index contributed by atoms with van der Waals surface area (Å²) in [6, 6.07) is 0.227. The maximum Gasteiger partial charge on any atom is 0.292 e. The van der Waals surface area contributed by atoms with E-state index in [2.05, 4.69) is 34.1 Å². The first kappa shape index (κ1) is 20.9. The third-order valence-corrected chi connectivity index (χ3v) is 7.26. The molecule has 1 saturated carbocycles. The second kappa shape index (κ2) is 8.19. The molecule has 3 fully saturated rings. The standard InChI is InChI=1S/C20H28FN7O2S/c1-13-11-27(6-5-22-13)16-15(21)14(31-25-20(2)3-4-20)12-28-17(16)23-24-18(28)19(29)26-7-9-30-10-8-26/h12-13,22,25H,3-11H2,1-2H3. The number of amides is 1. The van der Waals surface area contributed by atoms with Crippen molar-refractivity contribution in [3.63, 3.8) is 0 Å². The number of hydrogen-bond acceptors (Lipinski definition) is 8. The Hall–Kier alpha value is -1.95. The largest absolute Gasteiger partial charge is 0.378 e. The highest BCUT2D eigenvalue weighted by Crippen LogP contribution is 2.39. The van der Waals surface area contributed by atoms with Gasteiger partial charge in [-0.1, -0.05) is 0 Å². The number of piperazine rings is 1. The van der Waals surface area contributed by atoms with Gasteiger partial charge in [0, 0.05) is 50.5 Å². The van der Waals surface area contributed by atoms with Crippen molar-refractivity contribution in [1.82, 2.24) is 29.5 Å². The molecule has 1 aliphatic carbocycles. The Balaban J connectivity index is 1.56. The van der Waals surface area contributed by atoms with E-state index in [1.54, 1.807) is 15.5 Å². The molecule has 168 valence electrons. The zero-order valence-corrected chi connectivity index (χ0v) is 18.7. The van der Waals surface area contributed by atoms with E-state index in [9.17, 15) is 4.79 Å². The summed E-state index contributed by atoms with van der Waals surface area (Å²) in [4.78, 5) is 17.3. The van der Waals surface area contributed by atoms with Crippen molar-refractivity contribution in [2.45, 2.75) is 43.2 Å². The molecule has 4 heterocycles. The van der Waals surface area contributed by atoms with Crippen LogP contribution in [0.25, 0.3) is 5.65 Å². The number of halogens is 1. The molecule has 2 N–H and O–H groups in total. The number of pyridine rings is 1. The zero-order valence-electron chi connectivity index (χ0n) is 17.9. The van der Waals surface area contributed by atoms with Crippen LogP contribution in [-0.4, -0.2) is 82.9 Å². The lowest BCUT2D eigenvalue weighted by Crippen LogP contribution is -2.49. The Labute approximate surface area is 184 Å². The fourth-order valence-electron chi connectivity index (χ4n) is 3.97. The van der Waals surface area contributed by atoms with E-state index in [4.69, 9.17) is 4.74 Å². The minimum absolute atomic E-state index is 0.0371. The number of anilines is 1. The number of carbonyl (C=O) groups excluding carboxylic acids is 1. The fraction of sp³-hybridized carbons (Fsp3) is 0.650. The molecule has 11 heteroatoms. The summed E-state index contributed by atoms with van der Waals surface area (Å²) in [5, 5.41) is 11.8. The van der Waals surface area contributed by atoms with Crippen molar-refractivity contribution in [2.24, 2.45) is 0 Å². The van der Waals surface area contributed by atoms with Crippen molar-refractivity contribution >= 4 is 29.2 Å².